The van der Waals surface area contributed by atoms with E-state index in [2.05, 4.69) is 25.8 Å². The van der Waals surface area contributed by atoms with Gasteiger partial charge in [-0.1, -0.05) is 6.42 Å². The second kappa shape index (κ2) is 4.61. The van der Waals surface area contributed by atoms with Gasteiger partial charge in [0.25, 0.3) is 0 Å². The smallest absolute Gasteiger partial charge is 0.132 e. The SMILES string of the molecule is Cc1cc(N2CCN3CCCCC3C2)ncn1. The molecule has 3 rings (SSSR count). The van der Waals surface area contributed by atoms with Gasteiger partial charge in [0, 0.05) is 37.4 Å². The fraction of sp³-hybridized carbons (Fsp3) is 0.692. The summed E-state index contributed by atoms with van der Waals surface area (Å²) in [4.78, 5) is 13.6. The molecular formula is C13H20N4. The first kappa shape index (κ1) is 11.0. The van der Waals surface area contributed by atoms with Crippen molar-refractivity contribution in [3.8, 4) is 0 Å². The molecule has 0 saturated carbocycles. The van der Waals surface area contributed by atoms with Gasteiger partial charge < -0.3 is 4.90 Å². The number of fused-ring (bicyclic) bond motifs is 1. The Morgan fingerprint density at radius 1 is 1.18 bits per heavy atom. The van der Waals surface area contributed by atoms with Crippen LogP contribution in [0.25, 0.3) is 0 Å². The van der Waals surface area contributed by atoms with Crippen LogP contribution in [0.5, 0.6) is 0 Å². The summed E-state index contributed by atoms with van der Waals surface area (Å²) in [6.07, 6.45) is 5.79. The molecule has 3 heterocycles. The Bertz CT molecular complexity index is 393. The summed E-state index contributed by atoms with van der Waals surface area (Å²) in [5.74, 6) is 1.10. The number of aromatic nitrogens is 2. The molecule has 2 aliphatic heterocycles. The van der Waals surface area contributed by atoms with Crippen molar-refractivity contribution in [1.29, 1.82) is 0 Å². The van der Waals surface area contributed by atoms with Crippen molar-refractivity contribution in [1.82, 2.24) is 14.9 Å². The molecule has 4 heteroatoms. The maximum absolute atomic E-state index is 4.40. The number of anilines is 1. The molecule has 1 aromatic rings. The van der Waals surface area contributed by atoms with E-state index in [4.69, 9.17) is 0 Å². The second-order valence-electron chi connectivity index (χ2n) is 5.15. The average molecular weight is 232 g/mol. The predicted molar refractivity (Wildman–Crippen MR) is 68.2 cm³/mol. The number of piperazine rings is 1. The van der Waals surface area contributed by atoms with Crippen molar-refractivity contribution >= 4 is 5.82 Å². The van der Waals surface area contributed by atoms with Crippen LogP contribution in [0, 0.1) is 6.92 Å². The summed E-state index contributed by atoms with van der Waals surface area (Å²) >= 11 is 0. The molecule has 1 atom stereocenters. The summed E-state index contributed by atoms with van der Waals surface area (Å²) in [5, 5.41) is 0. The van der Waals surface area contributed by atoms with Gasteiger partial charge in [-0.15, -0.1) is 0 Å². The lowest BCUT2D eigenvalue weighted by Crippen LogP contribution is -2.55. The van der Waals surface area contributed by atoms with Crippen LogP contribution in [0.2, 0.25) is 0 Å². The van der Waals surface area contributed by atoms with E-state index in [9.17, 15) is 0 Å². The van der Waals surface area contributed by atoms with Gasteiger partial charge in [-0.3, -0.25) is 4.90 Å². The van der Waals surface area contributed by atoms with E-state index in [-0.39, 0.29) is 0 Å². The topological polar surface area (TPSA) is 32.3 Å². The number of piperidine rings is 1. The predicted octanol–water partition coefficient (Wildman–Crippen LogP) is 1.46. The van der Waals surface area contributed by atoms with Crippen LogP contribution in [0.4, 0.5) is 5.82 Å². The van der Waals surface area contributed by atoms with Crippen LogP contribution in [0.1, 0.15) is 25.0 Å². The van der Waals surface area contributed by atoms with E-state index >= 15 is 0 Å². The van der Waals surface area contributed by atoms with Gasteiger partial charge in [0.1, 0.15) is 12.1 Å². The average Bonchev–Trinajstić information content (AvgIpc) is 2.38. The van der Waals surface area contributed by atoms with Crippen molar-refractivity contribution in [2.75, 3.05) is 31.1 Å². The number of aryl methyl sites for hydroxylation is 1. The lowest BCUT2D eigenvalue weighted by Gasteiger charge is -2.44. The van der Waals surface area contributed by atoms with Gasteiger partial charge in [0.05, 0.1) is 0 Å². The normalized spacial score (nSPS) is 25.7. The summed E-state index contributed by atoms with van der Waals surface area (Å²) < 4.78 is 0. The van der Waals surface area contributed by atoms with Crippen LogP contribution in [0.15, 0.2) is 12.4 Å². The molecule has 1 aromatic heterocycles. The number of rotatable bonds is 1. The Hall–Kier alpha value is -1.16. The minimum absolute atomic E-state index is 0.743. The molecule has 2 fully saturated rings. The van der Waals surface area contributed by atoms with E-state index < -0.39 is 0 Å². The molecule has 0 bridgehead atoms. The zero-order chi connectivity index (χ0) is 11.7. The van der Waals surface area contributed by atoms with E-state index in [0.717, 1.165) is 30.6 Å². The first-order valence-corrected chi connectivity index (χ1v) is 6.60. The van der Waals surface area contributed by atoms with E-state index in [0.29, 0.717) is 0 Å². The third-order valence-electron chi connectivity index (χ3n) is 3.95. The minimum atomic E-state index is 0.743. The molecule has 0 amide bonds. The monoisotopic (exact) mass is 232 g/mol. The summed E-state index contributed by atoms with van der Waals surface area (Å²) in [7, 11) is 0. The zero-order valence-electron chi connectivity index (χ0n) is 10.5. The highest BCUT2D eigenvalue weighted by molar-refractivity contribution is 5.39. The summed E-state index contributed by atoms with van der Waals surface area (Å²) in [6, 6.07) is 2.84. The van der Waals surface area contributed by atoms with E-state index in [1.807, 2.05) is 6.92 Å². The molecule has 1 unspecified atom stereocenters. The molecule has 0 radical (unpaired) electrons. The quantitative estimate of drug-likeness (QED) is 0.734. The highest BCUT2D eigenvalue weighted by Gasteiger charge is 2.29. The molecule has 17 heavy (non-hydrogen) atoms. The van der Waals surface area contributed by atoms with Crippen molar-refractivity contribution in [2.45, 2.75) is 32.2 Å². The number of nitrogens with zero attached hydrogens (tertiary/aromatic N) is 4. The second-order valence-corrected chi connectivity index (χ2v) is 5.15. The Balaban J connectivity index is 1.73. The van der Waals surface area contributed by atoms with Crippen molar-refractivity contribution < 1.29 is 0 Å². The Morgan fingerprint density at radius 2 is 2.12 bits per heavy atom. The van der Waals surface area contributed by atoms with Crippen LogP contribution in [-0.4, -0.2) is 47.1 Å². The molecule has 0 aromatic carbocycles. The Morgan fingerprint density at radius 3 is 3.00 bits per heavy atom. The maximum atomic E-state index is 4.40. The molecule has 92 valence electrons. The third-order valence-corrected chi connectivity index (χ3v) is 3.95. The molecule has 0 spiro atoms. The first-order chi connectivity index (χ1) is 8.33. The zero-order valence-corrected chi connectivity index (χ0v) is 10.5. The molecule has 2 saturated heterocycles. The number of hydrogen-bond donors (Lipinski definition) is 0. The van der Waals surface area contributed by atoms with Crippen LogP contribution >= 0.6 is 0 Å². The third kappa shape index (κ3) is 2.27. The van der Waals surface area contributed by atoms with E-state index in [1.54, 1.807) is 6.33 Å². The molecule has 0 N–H and O–H groups in total. The van der Waals surface area contributed by atoms with Gasteiger partial charge in [-0.25, -0.2) is 9.97 Å². The van der Waals surface area contributed by atoms with Gasteiger partial charge >= 0.3 is 0 Å². The van der Waals surface area contributed by atoms with Crippen LogP contribution in [0.3, 0.4) is 0 Å². The van der Waals surface area contributed by atoms with Gasteiger partial charge in [-0.05, 0) is 26.3 Å². The Labute approximate surface area is 103 Å². The summed E-state index contributed by atoms with van der Waals surface area (Å²) in [5.41, 5.74) is 1.06. The van der Waals surface area contributed by atoms with Crippen LogP contribution in [-0.2, 0) is 0 Å². The first-order valence-electron chi connectivity index (χ1n) is 6.60. The molecular weight excluding hydrogens is 212 g/mol. The molecule has 2 aliphatic rings. The summed E-state index contributed by atoms with van der Waals surface area (Å²) in [6.45, 7) is 6.75. The largest absolute Gasteiger partial charge is 0.354 e. The highest BCUT2D eigenvalue weighted by atomic mass is 15.3. The van der Waals surface area contributed by atoms with Crippen molar-refractivity contribution in [3.05, 3.63) is 18.1 Å². The van der Waals surface area contributed by atoms with E-state index in [1.165, 1.54) is 32.4 Å². The van der Waals surface area contributed by atoms with Gasteiger partial charge in [0.2, 0.25) is 0 Å². The standard InChI is InChI=1S/C13H20N4/c1-11-8-13(15-10-14-11)17-7-6-16-5-3-2-4-12(16)9-17/h8,10,12H,2-7,9H2,1H3. The highest BCUT2D eigenvalue weighted by Crippen LogP contribution is 2.23. The van der Waals surface area contributed by atoms with Gasteiger partial charge in [0.15, 0.2) is 0 Å². The lowest BCUT2D eigenvalue weighted by atomic mass is 9.99. The maximum Gasteiger partial charge on any atom is 0.132 e. The fourth-order valence-electron chi connectivity index (χ4n) is 2.98. The van der Waals surface area contributed by atoms with Crippen molar-refractivity contribution in [3.63, 3.8) is 0 Å². The molecule has 0 aliphatic carbocycles. The fourth-order valence-corrected chi connectivity index (χ4v) is 2.98. The van der Waals surface area contributed by atoms with Crippen molar-refractivity contribution in [2.24, 2.45) is 0 Å². The Kier molecular flexibility index (Phi) is 2.97. The molecule has 4 nitrogen and oxygen atoms in total. The number of hydrogen-bond acceptors (Lipinski definition) is 4. The lowest BCUT2D eigenvalue weighted by molar-refractivity contribution is 0.133. The van der Waals surface area contributed by atoms with Crippen LogP contribution < -0.4 is 4.90 Å². The minimum Gasteiger partial charge on any atom is -0.354 e. The van der Waals surface area contributed by atoms with Gasteiger partial charge in [-0.2, -0.15) is 0 Å².